The van der Waals surface area contributed by atoms with Crippen molar-refractivity contribution < 1.29 is 14.5 Å². The first-order valence-corrected chi connectivity index (χ1v) is 6.33. The number of nitrogens with two attached hydrogens (primary N) is 1. The minimum Gasteiger partial charge on any atom is -0.462 e. The van der Waals surface area contributed by atoms with E-state index in [1.807, 2.05) is 0 Å². The number of pyridine rings is 1. The Bertz CT molecular complexity index is 592. The van der Waals surface area contributed by atoms with Crippen LogP contribution in [-0.2, 0) is 11.3 Å². The van der Waals surface area contributed by atoms with E-state index in [-0.39, 0.29) is 29.2 Å². The summed E-state index contributed by atoms with van der Waals surface area (Å²) in [4.78, 5) is 26.5. The molecule has 1 aromatic rings. The SMILES string of the molecule is CCN=c1c([N+](=O)[O-])cc(C(=O)OCC)c(N)n1CC. The first kappa shape index (κ1) is 15.7. The third kappa shape index (κ3) is 2.95. The lowest BCUT2D eigenvalue weighted by Gasteiger charge is -2.13. The Labute approximate surface area is 116 Å². The van der Waals surface area contributed by atoms with Gasteiger partial charge in [0.25, 0.3) is 0 Å². The molecule has 0 radical (unpaired) electrons. The molecule has 0 spiro atoms. The number of hydrogen-bond acceptors (Lipinski definition) is 6. The maximum Gasteiger partial charge on any atom is 0.342 e. The average molecular weight is 282 g/mol. The number of nitrogens with zero attached hydrogens (tertiary/aromatic N) is 3. The van der Waals surface area contributed by atoms with E-state index in [9.17, 15) is 14.9 Å². The van der Waals surface area contributed by atoms with Gasteiger partial charge in [0, 0.05) is 19.2 Å². The molecule has 0 aliphatic rings. The van der Waals surface area contributed by atoms with E-state index < -0.39 is 10.9 Å². The summed E-state index contributed by atoms with van der Waals surface area (Å²) in [6.45, 7) is 6.08. The molecule has 0 aliphatic heterocycles. The van der Waals surface area contributed by atoms with Gasteiger partial charge in [-0.05, 0) is 20.8 Å². The predicted molar refractivity (Wildman–Crippen MR) is 73.2 cm³/mol. The molecule has 0 amide bonds. The van der Waals surface area contributed by atoms with Gasteiger partial charge in [0.15, 0.2) is 0 Å². The number of aromatic nitrogens is 1. The van der Waals surface area contributed by atoms with E-state index in [1.165, 1.54) is 4.57 Å². The standard InChI is InChI=1S/C12H18N4O4/c1-4-14-11-9(16(18)19)7-8(12(17)20-6-3)10(13)15(11)5-2/h7H,4-6,13H2,1-3H3. The van der Waals surface area contributed by atoms with E-state index in [0.717, 1.165) is 6.07 Å². The molecule has 0 fully saturated rings. The third-order valence-electron chi connectivity index (χ3n) is 2.65. The highest BCUT2D eigenvalue weighted by atomic mass is 16.6. The number of carbonyl (C=O) groups is 1. The Morgan fingerprint density at radius 3 is 2.60 bits per heavy atom. The minimum atomic E-state index is -0.682. The summed E-state index contributed by atoms with van der Waals surface area (Å²) < 4.78 is 6.30. The second-order valence-electron chi connectivity index (χ2n) is 3.85. The molecule has 2 N–H and O–H groups in total. The first-order valence-electron chi connectivity index (χ1n) is 6.33. The van der Waals surface area contributed by atoms with Crippen LogP contribution in [0.3, 0.4) is 0 Å². The summed E-state index contributed by atoms with van der Waals surface area (Å²) in [5.41, 5.74) is 5.79. The van der Waals surface area contributed by atoms with E-state index in [0.29, 0.717) is 13.1 Å². The third-order valence-corrected chi connectivity index (χ3v) is 2.65. The van der Waals surface area contributed by atoms with Crippen molar-refractivity contribution in [2.24, 2.45) is 4.99 Å². The molecule has 8 heteroatoms. The zero-order valence-electron chi connectivity index (χ0n) is 11.8. The normalized spacial score (nSPS) is 11.4. The van der Waals surface area contributed by atoms with Crippen LogP contribution in [-0.4, -0.2) is 28.6 Å². The van der Waals surface area contributed by atoms with Crippen LogP contribution in [0.4, 0.5) is 11.5 Å². The van der Waals surface area contributed by atoms with Crippen molar-refractivity contribution in [1.82, 2.24) is 4.57 Å². The molecule has 0 atom stereocenters. The number of anilines is 1. The number of hydrogen-bond donors (Lipinski definition) is 1. The van der Waals surface area contributed by atoms with E-state index >= 15 is 0 Å². The molecular formula is C12H18N4O4. The fourth-order valence-electron chi connectivity index (χ4n) is 1.82. The molecule has 110 valence electrons. The molecular weight excluding hydrogens is 264 g/mol. The lowest BCUT2D eigenvalue weighted by atomic mass is 10.2. The Morgan fingerprint density at radius 2 is 2.15 bits per heavy atom. The van der Waals surface area contributed by atoms with E-state index in [1.54, 1.807) is 20.8 Å². The van der Waals surface area contributed by atoms with Gasteiger partial charge >= 0.3 is 11.7 Å². The number of ether oxygens (including phenoxy) is 1. The number of nitrogen functional groups attached to an aromatic ring is 1. The molecule has 8 nitrogen and oxygen atoms in total. The molecule has 0 unspecified atom stereocenters. The highest BCUT2D eigenvalue weighted by molar-refractivity contribution is 5.94. The van der Waals surface area contributed by atoms with Crippen molar-refractivity contribution in [1.29, 1.82) is 0 Å². The maximum atomic E-state index is 11.8. The van der Waals surface area contributed by atoms with Crippen LogP contribution in [0, 0.1) is 10.1 Å². The van der Waals surface area contributed by atoms with Gasteiger partial charge in [0.05, 0.1) is 11.5 Å². The first-order chi connectivity index (χ1) is 9.47. The number of esters is 1. The molecule has 0 bridgehead atoms. The predicted octanol–water partition coefficient (Wildman–Crippen LogP) is 1.10. The van der Waals surface area contributed by atoms with Crippen LogP contribution >= 0.6 is 0 Å². The minimum absolute atomic E-state index is 0.0181. The van der Waals surface area contributed by atoms with Gasteiger partial charge in [-0.15, -0.1) is 0 Å². The molecule has 0 aliphatic carbocycles. The van der Waals surface area contributed by atoms with Gasteiger partial charge in [-0.25, -0.2) is 4.79 Å². The Balaban J connectivity index is 3.68. The summed E-state index contributed by atoms with van der Waals surface area (Å²) in [6, 6.07) is 1.12. The smallest absolute Gasteiger partial charge is 0.342 e. The monoisotopic (exact) mass is 282 g/mol. The second kappa shape index (κ2) is 6.69. The van der Waals surface area contributed by atoms with Gasteiger partial charge < -0.3 is 15.0 Å². The summed E-state index contributed by atoms with van der Waals surface area (Å²) in [5.74, 6) is -0.568. The van der Waals surface area contributed by atoms with Gasteiger partial charge in [-0.1, -0.05) is 0 Å². The van der Waals surface area contributed by atoms with Crippen molar-refractivity contribution in [2.45, 2.75) is 27.3 Å². The largest absolute Gasteiger partial charge is 0.462 e. The fourth-order valence-corrected chi connectivity index (χ4v) is 1.82. The van der Waals surface area contributed by atoms with Gasteiger partial charge in [0.2, 0.25) is 5.49 Å². The van der Waals surface area contributed by atoms with Crippen LogP contribution in [0.5, 0.6) is 0 Å². The molecule has 1 heterocycles. The van der Waals surface area contributed by atoms with Gasteiger partial charge in [-0.3, -0.25) is 15.1 Å². The number of rotatable bonds is 5. The zero-order valence-corrected chi connectivity index (χ0v) is 11.8. The van der Waals surface area contributed by atoms with Crippen molar-refractivity contribution >= 4 is 17.5 Å². The Morgan fingerprint density at radius 1 is 1.50 bits per heavy atom. The summed E-state index contributed by atoms with van der Waals surface area (Å²) >= 11 is 0. The van der Waals surface area contributed by atoms with Gasteiger partial charge in [0.1, 0.15) is 11.4 Å². The molecule has 20 heavy (non-hydrogen) atoms. The van der Waals surface area contributed by atoms with Crippen LogP contribution in [0.2, 0.25) is 0 Å². The number of nitro groups is 1. The topological polar surface area (TPSA) is 113 Å². The average Bonchev–Trinajstić information content (AvgIpc) is 2.39. The van der Waals surface area contributed by atoms with Crippen LogP contribution in [0.25, 0.3) is 0 Å². The fraction of sp³-hybridized carbons (Fsp3) is 0.500. The van der Waals surface area contributed by atoms with Crippen LogP contribution in [0.15, 0.2) is 11.1 Å². The summed E-state index contributed by atoms with van der Waals surface area (Å²) in [5, 5.41) is 11.1. The second-order valence-corrected chi connectivity index (χ2v) is 3.85. The van der Waals surface area contributed by atoms with Crippen molar-refractivity contribution in [3.8, 4) is 0 Å². The molecule has 0 aromatic carbocycles. The summed E-state index contributed by atoms with van der Waals surface area (Å²) in [6.07, 6.45) is 0. The van der Waals surface area contributed by atoms with Crippen molar-refractivity contribution in [3.63, 3.8) is 0 Å². The molecule has 1 aromatic heterocycles. The maximum absolute atomic E-state index is 11.8. The molecule has 0 saturated heterocycles. The number of carbonyl (C=O) groups excluding carboxylic acids is 1. The Hall–Kier alpha value is -2.38. The molecule has 0 saturated carbocycles. The highest BCUT2D eigenvalue weighted by Crippen LogP contribution is 2.17. The van der Waals surface area contributed by atoms with Crippen LogP contribution < -0.4 is 11.2 Å². The van der Waals surface area contributed by atoms with E-state index in [2.05, 4.69) is 4.99 Å². The van der Waals surface area contributed by atoms with E-state index in [4.69, 9.17) is 10.5 Å². The zero-order chi connectivity index (χ0) is 15.3. The van der Waals surface area contributed by atoms with Crippen molar-refractivity contribution in [2.75, 3.05) is 18.9 Å². The van der Waals surface area contributed by atoms with Crippen LogP contribution in [0.1, 0.15) is 31.1 Å². The summed E-state index contributed by atoms with van der Waals surface area (Å²) in [7, 11) is 0. The molecule has 1 rings (SSSR count). The van der Waals surface area contributed by atoms with Gasteiger partial charge in [-0.2, -0.15) is 0 Å². The van der Waals surface area contributed by atoms with Crippen molar-refractivity contribution in [3.05, 3.63) is 27.2 Å². The quantitative estimate of drug-likeness (QED) is 0.493. The Kier molecular flexibility index (Phi) is 5.24. The highest BCUT2D eigenvalue weighted by Gasteiger charge is 2.22. The lowest BCUT2D eigenvalue weighted by Crippen LogP contribution is -2.28. The lowest BCUT2D eigenvalue weighted by molar-refractivity contribution is -0.386.